The highest BCUT2D eigenvalue weighted by Gasteiger charge is 2.81. The third kappa shape index (κ3) is 4.10. The lowest BCUT2D eigenvalue weighted by atomic mass is 9.91. The number of methoxy groups -OCH3 is 1. The van der Waals surface area contributed by atoms with Crippen LogP contribution in [0.15, 0.2) is 24.3 Å². The summed E-state index contributed by atoms with van der Waals surface area (Å²) in [7, 11) is 0.878. The maximum atomic E-state index is 13.9. The second-order valence-corrected chi connectivity index (χ2v) is 5.73. The molecular weight excluding hydrogens is 379 g/mol. The van der Waals surface area contributed by atoms with E-state index in [0.717, 1.165) is 7.11 Å². The van der Waals surface area contributed by atoms with Gasteiger partial charge in [-0.05, 0) is 17.5 Å². The van der Waals surface area contributed by atoms with Gasteiger partial charge < -0.3 is 4.74 Å². The monoisotopic (exact) mass is 396 g/mol. The highest BCUT2D eigenvalue weighted by molar-refractivity contribution is 5.30. The zero-order chi connectivity index (χ0) is 20.4. The van der Waals surface area contributed by atoms with Crippen molar-refractivity contribution in [3.63, 3.8) is 0 Å². The molecule has 1 aromatic rings. The Kier molecular flexibility index (Phi) is 6.65. The fourth-order valence-electron chi connectivity index (χ4n) is 2.43. The van der Waals surface area contributed by atoms with Crippen LogP contribution in [0.1, 0.15) is 37.0 Å². The molecular formula is C16H17F9O. The van der Waals surface area contributed by atoms with E-state index in [1.54, 1.807) is 13.0 Å². The van der Waals surface area contributed by atoms with E-state index in [1.807, 2.05) is 0 Å². The largest absolute Gasteiger partial charge is 0.460 e. The summed E-state index contributed by atoms with van der Waals surface area (Å²) in [5, 5.41) is 0. The normalized spacial score (nSPS) is 15.2. The van der Waals surface area contributed by atoms with Crippen LogP contribution in [0, 0.1) is 0 Å². The minimum absolute atomic E-state index is 0.0302. The molecule has 0 heterocycles. The van der Waals surface area contributed by atoms with E-state index in [0.29, 0.717) is 18.4 Å². The second kappa shape index (κ2) is 7.66. The molecule has 0 fully saturated rings. The highest BCUT2D eigenvalue weighted by atomic mass is 19.4. The van der Waals surface area contributed by atoms with Crippen molar-refractivity contribution in [1.82, 2.24) is 0 Å². The summed E-state index contributed by atoms with van der Waals surface area (Å²) in [5.74, 6) is -19.2. The Balaban J connectivity index is 3.25. The zero-order valence-electron chi connectivity index (χ0n) is 13.8. The fraction of sp³-hybridized carbons (Fsp3) is 0.625. The van der Waals surface area contributed by atoms with Gasteiger partial charge in [0.2, 0.25) is 0 Å². The molecule has 0 amide bonds. The Bertz CT molecular complexity index is 596. The third-order valence-electron chi connectivity index (χ3n) is 3.86. The Hall–Kier alpha value is -1.45. The molecule has 0 N–H and O–H groups in total. The Morgan fingerprint density at radius 1 is 0.885 bits per heavy atom. The average molecular weight is 396 g/mol. The number of rotatable bonds is 8. The van der Waals surface area contributed by atoms with Crippen LogP contribution in [0.5, 0.6) is 0 Å². The van der Waals surface area contributed by atoms with Gasteiger partial charge in [-0.3, -0.25) is 0 Å². The molecule has 0 aliphatic heterocycles. The molecule has 0 saturated carbocycles. The molecule has 150 valence electrons. The van der Waals surface area contributed by atoms with Crippen molar-refractivity contribution in [1.29, 1.82) is 0 Å². The topological polar surface area (TPSA) is 9.23 Å². The summed E-state index contributed by atoms with van der Waals surface area (Å²) in [4.78, 5) is 0. The van der Waals surface area contributed by atoms with Crippen molar-refractivity contribution in [3.05, 3.63) is 35.4 Å². The fourth-order valence-corrected chi connectivity index (χ4v) is 2.43. The quantitative estimate of drug-likeness (QED) is 0.477. The van der Waals surface area contributed by atoms with Crippen LogP contribution < -0.4 is 0 Å². The summed E-state index contributed by atoms with van der Waals surface area (Å²) in [6, 6.07) is 5.72. The number of aryl methyl sites for hydroxylation is 1. The van der Waals surface area contributed by atoms with Gasteiger partial charge in [0.05, 0.1) is 6.10 Å². The summed E-state index contributed by atoms with van der Waals surface area (Å²) >= 11 is 0. The first-order valence-electron chi connectivity index (χ1n) is 7.53. The molecule has 1 unspecified atom stereocenters. The Morgan fingerprint density at radius 2 is 1.42 bits per heavy atom. The Morgan fingerprint density at radius 3 is 1.88 bits per heavy atom. The predicted octanol–water partition coefficient (Wildman–Crippen LogP) is 6.18. The first-order valence-corrected chi connectivity index (χ1v) is 7.53. The van der Waals surface area contributed by atoms with E-state index >= 15 is 0 Å². The third-order valence-corrected chi connectivity index (χ3v) is 3.86. The van der Waals surface area contributed by atoms with Crippen LogP contribution in [0.2, 0.25) is 0 Å². The van der Waals surface area contributed by atoms with Crippen LogP contribution in [0.3, 0.4) is 0 Å². The van der Waals surface area contributed by atoms with Crippen molar-refractivity contribution in [2.75, 3.05) is 7.11 Å². The predicted molar refractivity (Wildman–Crippen MR) is 75.7 cm³/mol. The maximum absolute atomic E-state index is 13.9. The van der Waals surface area contributed by atoms with Gasteiger partial charge >= 0.3 is 23.9 Å². The number of benzene rings is 1. The Labute approximate surface area is 144 Å². The maximum Gasteiger partial charge on any atom is 0.460 e. The molecule has 0 aliphatic rings. The molecule has 10 heteroatoms. The first kappa shape index (κ1) is 22.6. The minimum atomic E-state index is -6.90. The molecule has 1 nitrogen and oxygen atoms in total. The van der Waals surface area contributed by atoms with Crippen molar-refractivity contribution in [2.45, 2.75) is 56.2 Å². The van der Waals surface area contributed by atoms with E-state index in [1.165, 1.54) is 18.2 Å². The average Bonchev–Trinajstić information content (AvgIpc) is 2.52. The number of ether oxygens (including phenoxy) is 1. The van der Waals surface area contributed by atoms with Crippen molar-refractivity contribution in [3.8, 4) is 0 Å². The van der Waals surface area contributed by atoms with Crippen LogP contribution >= 0.6 is 0 Å². The molecule has 0 saturated heterocycles. The lowest BCUT2D eigenvalue weighted by molar-refractivity contribution is -0.398. The lowest BCUT2D eigenvalue weighted by Gasteiger charge is -2.35. The van der Waals surface area contributed by atoms with Crippen molar-refractivity contribution >= 4 is 0 Å². The summed E-state index contributed by atoms with van der Waals surface area (Å²) < 4.78 is 122. The molecule has 0 radical (unpaired) electrons. The molecule has 0 aliphatic carbocycles. The van der Waals surface area contributed by atoms with E-state index in [-0.39, 0.29) is 5.56 Å². The summed E-state index contributed by atoms with van der Waals surface area (Å²) in [6.45, 7) is 1.76. The number of halogens is 9. The van der Waals surface area contributed by atoms with Crippen LogP contribution in [-0.4, -0.2) is 31.1 Å². The number of hydrogen-bond donors (Lipinski definition) is 0. The van der Waals surface area contributed by atoms with Gasteiger partial charge in [0.15, 0.2) is 0 Å². The van der Waals surface area contributed by atoms with E-state index in [4.69, 9.17) is 4.74 Å². The smallest absolute Gasteiger partial charge is 0.377 e. The van der Waals surface area contributed by atoms with Crippen LogP contribution in [0.4, 0.5) is 39.5 Å². The summed E-state index contributed by atoms with van der Waals surface area (Å²) in [5.41, 5.74) is 0.478. The molecule has 26 heavy (non-hydrogen) atoms. The van der Waals surface area contributed by atoms with Gasteiger partial charge in [0, 0.05) is 13.5 Å². The van der Waals surface area contributed by atoms with Gasteiger partial charge in [-0.25, -0.2) is 0 Å². The molecule has 0 aromatic heterocycles. The molecule has 0 bridgehead atoms. The van der Waals surface area contributed by atoms with Gasteiger partial charge in [0.25, 0.3) is 0 Å². The van der Waals surface area contributed by atoms with Gasteiger partial charge in [0.1, 0.15) is 0 Å². The molecule has 1 atom stereocenters. The van der Waals surface area contributed by atoms with E-state index < -0.39 is 36.5 Å². The number of alkyl halides is 9. The molecule has 0 spiro atoms. The van der Waals surface area contributed by atoms with Crippen LogP contribution in [-0.2, 0) is 11.2 Å². The minimum Gasteiger partial charge on any atom is -0.377 e. The van der Waals surface area contributed by atoms with Crippen LogP contribution in [0.25, 0.3) is 0 Å². The van der Waals surface area contributed by atoms with E-state index in [9.17, 15) is 39.5 Å². The van der Waals surface area contributed by atoms with Crippen molar-refractivity contribution < 1.29 is 44.3 Å². The summed E-state index contributed by atoms with van der Waals surface area (Å²) in [6.07, 6.45) is -9.74. The molecule has 1 rings (SSSR count). The van der Waals surface area contributed by atoms with Gasteiger partial charge in [-0.15, -0.1) is 0 Å². The van der Waals surface area contributed by atoms with Gasteiger partial charge in [-0.1, -0.05) is 37.6 Å². The SMILES string of the molecule is CCCc1ccccc1C(CC(F)(F)C(F)(F)C(F)(F)C(F)(F)F)OC. The van der Waals surface area contributed by atoms with E-state index in [2.05, 4.69) is 0 Å². The lowest BCUT2D eigenvalue weighted by Crippen LogP contribution is -2.61. The van der Waals surface area contributed by atoms with Crippen molar-refractivity contribution in [2.24, 2.45) is 0 Å². The second-order valence-electron chi connectivity index (χ2n) is 5.73. The zero-order valence-corrected chi connectivity index (χ0v) is 13.8. The molecule has 1 aromatic carbocycles. The number of hydrogen-bond acceptors (Lipinski definition) is 1. The standard InChI is InChI=1S/C16H17F9O/c1-3-6-10-7-4-5-8-11(10)12(26-2)9-13(17,18)14(19,20)15(21,22)16(23,24)25/h4-5,7-8,12H,3,6,9H2,1-2H3. The highest BCUT2D eigenvalue weighted by Crippen LogP contribution is 2.55. The van der Waals surface area contributed by atoms with Gasteiger partial charge in [-0.2, -0.15) is 39.5 Å². The first-order chi connectivity index (χ1) is 11.7.